The van der Waals surface area contributed by atoms with Gasteiger partial charge in [0.25, 0.3) is 8.32 Å². The maximum atomic E-state index is 15.1. The summed E-state index contributed by atoms with van der Waals surface area (Å²) < 4.78 is 63.3. The topological polar surface area (TPSA) is 96.7 Å². The van der Waals surface area contributed by atoms with Crippen LogP contribution in [0, 0.1) is 18.6 Å². The van der Waals surface area contributed by atoms with E-state index in [0.717, 1.165) is 51.0 Å². The first-order valence-electron chi connectivity index (χ1n) is 25.0. The maximum absolute atomic E-state index is 15.1. The number of carbonyl (C=O) groups is 1. The molecule has 0 N–H and O–H groups in total. The van der Waals surface area contributed by atoms with E-state index in [2.05, 4.69) is 100 Å². The lowest BCUT2D eigenvalue weighted by molar-refractivity contribution is -0.166. The normalized spacial score (nSPS) is 15.5. The third kappa shape index (κ3) is 13.1. The van der Waals surface area contributed by atoms with Crippen molar-refractivity contribution in [1.82, 2.24) is 14.6 Å². The molecule has 2 atom stereocenters. The van der Waals surface area contributed by atoms with Crippen molar-refractivity contribution in [3.8, 4) is 5.75 Å². The molecule has 1 aliphatic rings. The lowest BCUT2D eigenvalue weighted by Gasteiger charge is -2.44. The van der Waals surface area contributed by atoms with Crippen molar-refractivity contribution in [1.29, 1.82) is 0 Å². The summed E-state index contributed by atoms with van der Waals surface area (Å²) in [5.41, 5.74) is 1.43. The predicted molar refractivity (Wildman–Crippen MR) is 275 cm³/mol. The average molecular weight is 967 g/mol. The van der Waals surface area contributed by atoms with E-state index in [9.17, 15) is 9.18 Å². The van der Waals surface area contributed by atoms with Gasteiger partial charge >= 0.3 is 5.97 Å². The first kappa shape index (κ1) is 53.4. The van der Waals surface area contributed by atoms with E-state index >= 15 is 4.39 Å². The van der Waals surface area contributed by atoms with Gasteiger partial charge in [-0.2, -0.15) is 9.61 Å². The minimum atomic E-state index is -2.65. The molecule has 1 fully saturated rings. The summed E-state index contributed by atoms with van der Waals surface area (Å²) >= 11 is 0. The van der Waals surface area contributed by atoms with E-state index in [1.54, 1.807) is 23.6 Å². The van der Waals surface area contributed by atoms with Crippen LogP contribution in [0.2, 0.25) is 5.04 Å². The Kier molecular flexibility index (Phi) is 18.0. The van der Waals surface area contributed by atoms with Crippen LogP contribution in [0.4, 0.5) is 14.6 Å². The highest BCUT2D eigenvalue weighted by Crippen LogP contribution is 2.40. The molecule has 69 heavy (non-hydrogen) atoms. The number of halogens is 2. The Morgan fingerprint density at radius 3 is 2.14 bits per heavy atom. The Hall–Kier alpha value is -4.95. The molecule has 0 bridgehead atoms. The fourth-order valence-electron chi connectivity index (χ4n) is 9.39. The summed E-state index contributed by atoms with van der Waals surface area (Å²) in [4.78, 5) is 21.0. The van der Waals surface area contributed by atoms with E-state index < -0.39 is 37.6 Å². The second kappa shape index (κ2) is 23.3. The van der Waals surface area contributed by atoms with Gasteiger partial charge in [0.15, 0.2) is 23.4 Å². The molecule has 10 nitrogen and oxygen atoms in total. The van der Waals surface area contributed by atoms with Crippen molar-refractivity contribution in [2.24, 2.45) is 0 Å². The van der Waals surface area contributed by atoms with Crippen molar-refractivity contribution in [3.05, 3.63) is 119 Å². The molecular weight excluding hydrogens is 891 g/mol. The number of aromatic nitrogens is 3. The third-order valence-electron chi connectivity index (χ3n) is 12.9. The number of ether oxygens (including phenoxy) is 4. The zero-order chi connectivity index (χ0) is 50.0. The second-order valence-electron chi connectivity index (χ2n) is 20.7. The van der Waals surface area contributed by atoms with Crippen molar-refractivity contribution in [2.45, 2.75) is 156 Å². The molecule has 13 heteroatoms. The Morgan fingerprint density at radius 1 is 0.899 bits per heavy atom. The Bertz CT molecular complexity index is 2440. The minimum Gasteiger partial charge on any atom is -0.493 e. The first-order chi connectivity index (χ1) is 32.8. The van der Waals surface area contributed by atoms with E-state index in [1.165, 1.54) is 16.4 Å². The first-order valence-corrected chi connectivity index (χ1v) is 26.9. The number of hydrogen-bond donors (Lipinski definition) is 0. The number of hydrogen-bond acceptors (Lipinski definition) is 9. The molecule has 0 unspecified atom stereocenters. The summed E-state index contributed by atoms with van der Waals surface area (Å²) in [7, 11) is -2.65. The van der Waals surface area contributed by atoms with Crippen LogP contribution in [-0.2, 0) is 29.9 Å². The van der Waals surface area contributed by atoms with E-state index in [1.807, 2.05) is 40.7 Å². The van der Waals surface area contributed by atoms with E-state index in [-0.39, 0.29) is 35.3 Å². The quantitative estimate of drug-likeness (QED) is 0.0382. The van der Waals surface area contributed by atoms with Gasteiger partial charge in [0.05, 0.1) is 35.7 Å². The maximum Gasteiger partial charge on any atom is 0.340 e. The van der Waals surface area contributed by atoms with Crippen LogP contribution in [0.25, 0.3) is 11.7 Å². The van der Waals surface area contributed by atoms with Gasteiger partial charge in [-0.05, 0) is 127 Å². The molecule has 0 aliphatic carbocycles. The molecule has 0 spiro atoms. The Morgan fingerprint density at radius 2 is 1.55 bits per heavy atom. The molecule has 0 saturated carbocycles. The van der Waals surface area contributed by atoms with Gasteiger partial charge in [0, 0.05) is 43.1 Å². The van der Waals surface area contributed by atoms with Crippen LogP contribution < -0.4 is 20.0 Å². The fraction of sp³-hybridized carbons (Fsp3) is 0.518. The summed E-state index contributed by atoms with van der Waals surface area (Å²) in [6, 6.07) is 26.0. The summed E-state index contributed by atoms with van der Waals surface area (Å²) in [5.74, 6) is -1.34. The smallest absolute Gasteiger partial charge is 0.340 e. The van der Waals surface area contributed by atoms with Gasteiger partial charge < -0.3 is 28.3 Å². The van der Waals surface area contributed by atoms with Crippen molar-refractivity contribution in [3.63, 3.8) is 0 Å². The van der Waals surface area contributed by atoms with Crippen molar-refractivity contribution in [2.75, 3.05) is 37.8 Å². The highest BCUT2D eigenvalue weighted by atomic mass is 28.4. The van der Waals surface area contributed by atoms with E-state index in [4.69, 9.17) is 33.5 Å². The number of anilines is 1. The number of allylic oxidation sites excluding steroid dienone is 1. The van der Waals surface area contributed by atoms with Crippen LogP contribution in [0.3, 0.4) is 0 Å². The Balaban J connectivity index is 1.18. The number of unbranched alkanes of at least 4 members (excludes halogenated alkanes) is 2. The number of nitrogens with zero attached hydrogens (tertiary/aromatic N) is 4. The predicted octanol–water partition coefficient (Wildman–Crippen LogP) is 11.7. The largest absolute Gasteiger partial charge is 0.493 e. The molecule has 1 saturated heterocycles. The summed E-state index contributed by atoms with van der Waals surface area (Å²) in [5, 5.41) is 7.48. The number of piperidine rings is 1. The van der Waals surface area contributed by atoms with Gasteiger partial charge in [-0.3, -0.25) is 0 Å². The van der Waals surface area contributed by atoms with Crippen molar-refractivity contribution < 1.29 is 36.9 Å². The highest BCUT2D eigenvalue weighted by molar-refractivity contribution is 6.99. The molecule has 1 aliphatic heterocycles. The molecule has 374 valence electrons. The molecule has 0 radical (unpaired) electrons. The van der Waals surface area contributed by atoms with Crippen LogP contribution in [0.5, 0.6) is 5.75 Å². The standard InChI is InChI=1S/C56H76F2N4O6Si/c1-12-14-37-65-47-32-31-46(57)50(58)45(47)30-23-25-42-39-48-59-41(4)49(51(53(63)64-13-2)67-54(5,6)7)52(62(48)60-42)61-35-33-56(11,34-36-61)66-38-22-21-24-40(3)68-69(55(8,9)10,43-26-17-15-18-27-43)44-28-19-16-20-29-44/h15-20,23,25-29,31-32,39-40,51H,12-14,21-22,24,30,33-38H2,1-11H3/t40-,51+/m1/s1. The fourth-order valence-corrected chi connectivity index (χ4v) is 14.1. The van der Waals surface area contributed by atoms with Gasteiger partial charge in [0.1, 0.15) is 11.6 Å². The summed E-state index contributed by atoms with van der Waals surface area (Å²) in [6.07, 6.45) is 8.60. The van der Waals surface area contributed by atoms with Crippen LogP contribution >= 0.6 is 0 Å². The van der Waals surface area contributed by atoms with Gasteiger partial charge in [-0.25, -0.2) is 18.6 Å². The number of esters is 1. The van der Waals surface area contributed by atoms with Crippen LogP contribution in [-0.4, -0.2) is 79.1 Å². The monoisotopic (exact) mass is 967 g/mol. The lowest BCUT2D eigenvalue weighted by atomic mass is 9.92. The second-order valence-corrected chi connectivity index (χ2v) is 24.9. The molecule has 5 aromatic rings. The number of aryl methyl sites for hydroxylation is 1. The molecule has 3 heterocycles. The van der Waals surface area contributed by atoms with Crippen LogP contribution in [0.1, 0.15) is 143 Å². The molecule has 3 aromatic carbocycles. The minimum absolute atomic E-state index is 0.0585. The Labute approximate surface area is 410 Å². The number of carbonyl (C=O) groups excluding carboxylic acids is 1. The zero-order valence-electron chi connectivity index (χ0n) is 43.0. The zero-order valence-corrected chi connectivity index (χ0v) is 44.0. The molecule has 2 aromatic heterocycles. The van der Waals surface area contributed by atoms with E-state index in [0.29, 0.717) is 60.5 Å². The number of benzene rings is 3. The number of rotatable bonds is 22. The summed E-state index contributed by atoms with van der Waals surface area (Å²) in [6.45, 7) is 25.3. The molecular formula is C56H76F2N4O6Si. The number of fused-ring (bicyclic) bond motifs is 1. The third-order valence-corrected chi connectivity index (χ3v) is 18.1. The highest BCUT2D eigenvalue weighted by Gasteiger charge is 2.51. The van der Waals surface area contributed by atoms with Crippen molar-refractivity contribution >= 4 is 42.2 Å². The van der Waals surface area contributed by atoms with Gasteiger partial charge in [-0.15, -0.1) is 0 Å². The lowest BCUT2D eigenvalue weighted by Crippen LogP contribution is -2.67. The SMILES string of the molecule is CCCCOc1ccc(F)c(F)c1CC=Cc1cc2nc(C)c([C@H](OC(C)(C)C)C(=O)OCC)c(N3CCC(C)(OCCCC[C@@H](C)O[Si](c4ccccc4)(c4ccccc4)C(C)(C)C)CC3)n2n1. The molecule has 6 rings (SSSR count). The molecule has 0 amide bonds. The van der Waals surface area contributed by atoms with Crippen LogP contribution in [0.15, 0.2) is 84.9 Å². The van der Waals surface area contributed by atoms with Gasteiger partial charge in [0.2, 0.25) is 0 Å². The average Bonchev–Trinajstić information content (AvgIpc) is 3.71. The van der Waals surface area contributed by atoms with Gasteiger partial charge in [-0.1, -0.05) is 101 Å².